The van der Waals surface area contributed by atoms with Crippen molar-refractivity contribution in [1.82, 2.24) is 23.6 Å². The normalized spacial score (nSPS) is 15.7. The van der Waals surface area contributed by atoms with Gasteiger partial charge in [-0.3, -0.25) is 4.90 Å². The zero-order valence-electron chi connectivity index (χ0n) is 17.8. The fraction of sp³-hybridized carbons (Fsp3) is 0.333. The molecule has 0 bridgehead atoms. The number of nitrogens with zero attached hydrogens (tertiary/aromatic N) is 5. The molecule has 11 heteroatoms. The number of methoxy groups -OCH3 is 1. The number of hydrogen-bond donors (Lipinski definition) is 0. The maximum Gasteiger partial charge on any atom is 0.243 e. The highest BCUT2D eigenvalue weighted by Gasteiger charge is 2.29. The summed E-state index contributed by atoms with van der Waals surface area (Å²) in [7, 11) is -0.246. The summed E-state index contributed by atoms with van der Waals surface area (Å²) in [6.07, 6.45) is 0. The molecule has 2 heterocycles. The molecule has 1 saturated heterocycles. The maximum absolute atomic E-state index is 13.5. The monoisotopic (exact) mass is 477 g/mol. The van der Waals surface area contributed by atoms with Crippen LogP contribution >= 0.6 is 12.2 Å². The van der Waals surface area contributed by atoms with E-state index in [9.17, 15) is 12.8 Å². The van der Waals surface area contributed by atoms with Crippen molar-refractivity contribution in [3.05, 3.63) is 59.1 Å². The third kappa shape index (κ3) is 4.46. The molecule has 0 atom stereocenters. The predicted octanol–water partition coefficient (Wildman–Crippen LogP) is 2.73. The highest BCUT2D eigenvalue weighted by atomic mass is 32.2. The van der Waals surface area contributed by atoms with E-state index in [2.05, 4.69) is 10.00 Å². The van der Waals surface area contributed by atoms with Gasteiger partial charge in [-0.1, -0.05) is 18.2 Å². The fourth-order valence-corrected chi connectivity index (χ4v) is 5.31. The number of hydrogen-bond acceptors (Lipinski definition) is 6. The quantitative estimate of drug-likeness (QED) is 0.509. The van der Waals surface area contributed by atoms with Gasteiger partial charge in [0, 0.05) is 38.8 Å². The SMILES string of the molecule is COc1cccc(-c2nn(CN3CCN(S(=O)(=O)c4cccc(F)c4)CC3)c(=S)n2C)c1. The highest BCUT2D eigenvalue weighted by molar-refractivity contribution is 7.89. The van der Waals surface area contributed by atoms with Gasteiger partial charge in [-0.05, 0) is 42.5 Å². The van der Waals surface area contributed by atoms with Crippen molar-refractivity contribution in [2.24, 2.45) is 7.05 Å². The Balaban J connectivity index is 1.46. The smallest absolute Gasteiger partial charge is 0.243 e. The van der Waals surface area contributed by atoms with E-state index in [1.54, 1.807) is 11.8 Å². The molecule has 2 aromatic carbocycles. The van der Waals surface area contributed by atoms with E-state index < -0.39 is 15.8 Å². The zero-order valence-corrected chi connectivity index (χ0v) is 19.4. The van der Waals surface area contributed by atoms with Crippen LogP contribution in [0.25, 0.3) is 11.4 Å². The molecule has 0 radical (unpaired) electrons. The third-order valence-corrected chi connectivity index (χ3v) is 7.85. The van der Waals surface area contributed by atoms with Crippen LogP contribution in [0.4, 0.5) is 4.39 Å². The van der Waals surface area contributed by atoms with Gasteiger partial charge in [-0.15, -0.1) is 0 Å². The molecule has 32 heavy (non-hydrogen) atoms. The first kappa shape index (κ1) is 22.6. The Kier molecular flexibility index (Phi) is 6.42. The molecule has 0 amide bonds. The first-order chi connectivity index (χ1) is 15.3. The summed E-state index contributed by atoms with van der Waals surface area (Å²) < 4.78 is 49.9. The second-order valence-electron chi connectivity index (χ2n) is 7.52. The lowest BCUT2D eigenvalue weighted by Crippen LogP contribution is -2.48. The fourth-order valence-electron chi connectivity index (χ4n) is 3.67. The predicted molar refractivity (Wildman–Crippen MR) is 121 cm³/mol. The highest BCUT2D eigenvalue weighted by Crippen LogP contribution is 2.23. The number of ether oxygens (including phenoxy) is 1. The molecule has 0 saturated carbocycles. The van der Waals surface area contributed by atoms with Crippen LogP contribution in [0.5, 0.6) is 5.75 Å². The van der Waals surface area contributed by atoms with Crippen molar-refractivity contribution in [3.8, 4) is 17.1 Å². The van der Waals surface area contributed by atoms with Crippen molar-refractivity contribution < 1.29 is 17.5 Å². The minimum atomic E-state index is -3.73. The van der Waals surface area contributed by atoms with Gasteiger partial charge < -0.3 is 9.30 Å². The van der Waals surface area contributed by atoms with Gasteiger partial charge in [0.05, 0.1) is 18.7 Å². The first-order valence-corrected chi connectivity index (χ1v) is 11.9. The van der Waals surface area contributed by atoms with E-state index in [-0.39, 0.29) is 4.90 Å². The lowest BCUT2D eigenvalue weighted by atomic mass is 10.2. The minimum absolute atomic E-state index is 0.0270. The van der Waals surface area contributed by atoms with Gasteiger partial charge in [0.2, 0.25) is 10.0 Å². The van der Waals surface area contributed by atoms with E-state index in [1.165, 1.54) is 22.5 Å². The summed E-state index contributed by atoms with van der Waals surface area (Å²) in [6.45, 7) is 2.09. The first-order valence-electron chi connectivity index (χ1n) is 10.1. The van der Waals surface area contributed by atoms with Gasteiger partial charge in [0.15, 0.2) is 10.6 Å². The third-order valence-electron chi connectivity index (χ3n) is 5.47. The number of rotatable bonds is 6. The van der Waals surface area contributed by atoms with Crippen LogP contribution in [-0.2, 0) is 23.7 Å². The minimum Gasteiger partial charge on any atom is -0.497 e. The molecule has 8 nitrogen and oxygen atoms in total. The van der Waals surface area contributed by atoms with E-state index in [4.69, 9.17) is 17.0 Å². The van der Waals surface area contributed by atoms with Crippen LogP contribution in [-0.4, -0.2) is 65.3 Å². The van der Waals surface area contributed by atoms with Crippen LogP contribution in [0.15, 0.2) is 53.4 Å². The summed E-state index contributed by atoms with van der Waals surface area (Å²) in [5.41, 5.74) is 0.891. The molecule has 1 fully saturated rings. The molecule has 0 spiro atoms. The molecular weight excluding hydrogens is 453 g/mol. The largest absolute Gasteiger partial charge is 0.497 e. The lowest BCUT2D eigenvalue weighted by Gasteiger charge is -2.33. The summed E-state index contributed by atoms with van der Waals surface area (Å²) >= 11 is 5.57. The van der Waals surface area contributed by atoms with Crippen molar-refractivity contribution in [3.63, 3.8) is 0 Å². The molecule has 3 aromatic rings. The van der Waals surface area contributed by atoms with Crippen molar-refractivity contribution in [2.75, 3.05) is 33.3 Å². The van der Waals surface area contributed by atoms with Crippen molar-refractivity contribution in [2.45, 2.75) is 11.6 Å². The Morgan fingerprint density at radius 1 is 1.09 bits per heavy atom. The van der Waals surface area contributed by atoms with E-state index in [1.807, 2.05) is 35.9 Å². The molecule has 4 rings (SSSR count). The van der Waals surface area contributed by atoms with Crippen LogP contribution in [0.3, 0.4) is 0 Å². The van der Waals surface area contributed by atoms with Crippen molar-refractivity contribution in [1.29, 1.82) is 0 Å². The molecule has 0 aliphatic carbocycles. The summed E-state index contributed by atoms with van der Waals surface area (Å²) in [5, 5.41) is 4.68. The Bertz CT molecular complexity index is 1280. The van der Waals surface area contributed by atoms with Gasteiger partial charge in [0.1, 0.15) is 11.6 Å². The Morgan fingerprint density at radius 3 is 2.50 bits per heavy atom. The number of sulfonamides is 1. The summed E-state index contributed by atoms with van der Waals surface area (Å²) in [4.78, 5) is 2.07. The van der Waals surface area contributed by atoms with Crippen LogP contribution in [0.1, 0.15) is 0 Å². The Hall–Kier alpha value is -2.60. The molecule has 1 aliphatic heterocycles. The van der Waals surface area contributed by atoms with Crippen LogP contribution in [0, 0.1) is 10.6 Å². The van der Waals surface area contributed by atoms with Gasteiger partial charge in [0.25, 0.3) is 0 Å². The molecule has 1 aromatic heterocycles. The van der Waals surface area contributed by atoms with Crippen LogP contribution in [0.2, 0.25) is 0 Å². The molecule has 0 N–H and O–H groups in total. The van der Waals surface area contributed by atoms with E-state index in [0.29, 0.717) is 37.6 Å². The number of aromatic nitrogens is 3. The lowest BCUT2D eigenvalue weighted by molar-refractivity contribution is 0.144. The van der Waals surface area contributed by atoms with Gasteiger partial charge in [-0.2, -0.15) is 9.40 Å². The number of benzene rings is 2. The van der Waals surface area contributed by atoms with Crippen molar-refractivity contribution >= 4 is 22.2 Å². The number of piperazine rings is 1. The molecule has 1 aliphatic rings. The summed E-state index contributed by atoms with van der Waals surface area (Å²) in [5.74, 6) is 0.890. The Morgan fingerprint density at radius 2 is 1.81 bits per heavy atom. The average Bonchev–Trinajstić information content (AvgIpc) is 3.08. The van der Waals surface area contributed by atoms with Gasteiger partial charge >= 0.3 is 0 Å². The standard InChI is InChI=1S/C21H24FN5O3S2/c1-24-20(16-5-3-7-18(13-16)30-2)23-27(21(24)31)15-25-9-11-26(12-10-25)32(28,29)19-8-4-6-17(22)14-19/h3-8,13-14H,9-12,15H2,1-2H3. The van der Waals surface area contributed by atoms with Gasteiger partial charge in [-0.25, -0.2) is 17.5 Å². The molecule has 170 valence electrons. The van der Waals surface area contributed by atoms with E-state index >= 15 is 0 Å². The van der Waals surface area contributed by atoms with Crippen LogP contribution < -0.4 is 4.74 Å². The maximum atomic E-state index is 13.5. The average molecular weight is 478 g/mol. The molecule has 0 unspecified atom stereocenters. The van der Waals surface area contributed by atoms with E-state index in [0.717, 1.165) is 23.2 Å². The topological polar surface area (TPSA) is 72.6 Å². The second-order valence-corrected chi connectivity index (χ2v) is 9.82. The zero-order chi connectivity index (χ0) is 22.9. The molecular formula is C21H24FN5O3S2. The number of halogens is 1. The summed E-state index contributed by atoms with van der Waals surface area (Å²) in [6, 6.07) is 12.7. The second kappa shape index (κ2) is 9.10. The Labute approximate surface area is 191 Å².